The molecule has 0 rings (SSSR count). The first-order valence-electron chi connectivity index (χ1n) is 3.87. The van der Waals surface area contributed by atoms with Gasteiger partial charge in [0.15, 0.2) is 0 Å². The molecule has 0 aliphatic carbocycles. The van der Waals surface area contributed by atoms with Crippen LogP contribution in [0.1, 0.15) is 26.7 Å². The van der Waals surface area contributed by atoms with Gasteiger partial charge in [0.2, 0.25) is 0 Å². The summed E-state index contributed by atoms with van der Waals surface area (Å²) >= 11 is 0. The smallest absolute Gasteiger partial charge is 0.305 e. The Morgan fingerprint density at radius 1 is 1.73 bits per heavy atom. The molecule has 0 spiro atoms. The number of ether oxygens (including phenoxy) is 1. The summed E-state index contributed by atoms with van der Waals surface area (Å²) in [5.41, 5.74) is 0. The van der Waals surface area contributed by atoms with Crippen LogP contribution in [-0.2, 0) is 9.53 Å². The number of nitrogens with one attached hydrogen (secondary N) is 1. The van der Waals surface area contributed by atoms with Crippen molar-refractivity contribution in [2.75, 3.05) is 6.61 Å². The van der Waals surface area contributed by atoms with Gasteiger partial charge < -0.3 is 10.1 Å². The van der Waals surface area contributed by atoms with Gasteiger partial charge in [-0.25, -0.2) is 0 Å². The Morgan fingerprint density at radius 3 is 2.82 bits per heavy atom. The summed E-state index contributed by atoms with van der Waals surface area (Å²) in [5, 5.41) is 6.88. The SMILES string of the molecule is CCOC(=O)CCC(C)C=N. The standard InChI is InChI=1S/C8H15NO2/c1-3-11-8(10)5-4-7(2)6-9/h6-7,9H,3-5H2,1-2H3. The Bertz CT molecular complexity index is 134. The molecule has 0 radical (unpaired) electrons. The van der Waals surface area contributed by atoms with E-state index in [-0.39, 0.29) is 11.9 Å². The van der Waals surface area contributed by atoms with Gasteiger partial charge in [-0.3, -0.25) is 4.79 Å². The van der Waals surface area contributed by atoms with E-state index in [1.54, 1.807) is 6.92 Å². The zero-order chi connectivity index (χ0) is 8.69. The molecule has 0 fully saturated rings. The van der Waals surface area contributed by atoms with Crippen molar-refractivity contribution >= 4 is 12.2 Å². The van der Waals surface area contributed by atoms with Crippen LogP contribution < -0.4 is 0 Å². The van der Waals surface area contributed by atoms with Crippen molar-refractivity contribution in [3.8, 4) is 0 Å². The Morgan fingerprint density at radius 2 is 2.36 bits per heavy atom. The van der Waals surface area contributed by atoms with E-state index < -0.39 is 0 Å². The monoisotopic (exact) mass is 157 g/mol. The Labute approximate surface area is 67.3 Å². The molecule has 0 aromatic rings. The van der Waals surface area contributed by atoms with Gasteiger partial charge in [0, 0.05) is 6.42 Å². The van der Waals surface area contributed by atoms with Crippen LogP contribution in [0.5, 0.6) is 0 Å². The Hall–Kier alpha value is -0.860. The van der Waals surface area contributed by atoms with E-state index in [2.05, 4.69) is 0 Å². The van der Waals surface area contributed by atoms with E-state index in [4.69, 9.17) is 10.1 Å². The van der Waals surface area contributed by atoms with E-state index in [9.17, 15) is 4.79 Å². The lowest BCUT2D eigenvalue weighted by molar-refractivity contribution is -0.143. The Kier molecular flexibility index (Phi) is 5.43. The highest BCUT2D eigenvalue weighted by molar-refractivity contribution is 5.70. The third-order valence-corrected chi connectivity index (χ3v) is 1.39. The van der Waals surface area contributed by atoms with Gasteiger partial charge in [0.05, 0.1) is 6.61 Å². The second-order valence-electron chi connectivity index (χ2n) is 2.49. The van der Waals surface area contributed by atoms with Crippen molar-refractivity contribution in [1.82, 2.24) is 0 Å². The van der Waals surface area contributed by atoms with Crippen LogP contribution in [0.4, 0.5) is 0 Å². The van der Waals surface area contributed by atoms with Gasteiger partial charge in [-0.05, 0) is 25.5 Å². The summed E-state index contributed by atoms with van der Waals surface area (Å²) in [5.74, 6) is 0.0145. The van der Waals surface area contributed by atoms with Crippen LogP contribution in [0.25, 0.3) is 0 Å². The average molecular weight is 157 g/mol. The fourth-order valence-corrected chi connectivity index (χ4v) is 0.662. The summed E-state index contributed by atoms with van der Waals surface area (Å²) in [4.78, 5) is 10.8. The highest BCUT2D eigenvalue weighted by atomic mass is 16.5. The molecule has 3 nitrogen and oxygen atoms in total. The number of esters is 1. The minimum atomic E-state index is -0.166. The van der Waals surface area contributed by atoms with Gasteiger partial charge in [-0.2, -0.15) is 0 Å². The van der Waals surface area contributed by atoms with Crippen LogP contribution in [0.3, 0.4) is 0 Å². The van der Waals surface area contributed by atoms with Crippen LogP contribution >= 0.6 is 0 Å². The lowest BCUT2D eigenvalue weighted by Gasteiger charge is -2.03. The lowest BCUT2D eigenvalue weighted by Crippen LogP contribution is -2.06. The second-order valence-corrected chi connectivity index (χ2v) is 2.49. The summed E-state index contributed by atoms with van der Waals surface area (Å²) in [6.45, 7) is 4.14. The van der Waals surface area contributed by atoms with E-state index in [0.717, 1.165) is 0 Å². The summed E-state index contributed by atoms with van der Waals surface area (Å²) in [6, 6.07) is 0. The quantitative estimate of drug-likeness (QED) is 0.487. The highest BCUT2D eigenvalue weighted by Gasteiger charge is 2.03. The number of hydrogen-bond acceptors (Lipinski definition) is 3. The molecule has 11 heavy (non-hydrogen) atoms. The topological polar surface area (TPSA) is 50.2 Å². The highest BCUT2D eigenvalue weighted by Crippen LogP contribution is 2.02. The molecule has 3 heteroatoms. The number of carbonyl (C=O) groups excluding carboxylic acids is 1. The second kappa shape index (κ2) is 5.89. The Balaban J connectivity index is 3.37. The molecule has 0 aliphatic rings. The first-order chi connectivity index (χ1) is 5.20. The first kappa shape index (κ1) is 10.1. The van der Waals surface area contributed by atoms with E-state index in [0.29, 0.717) is 19.4 Å². The molecule has 1 unspecified atom stereocenters. The molecular weight excluding hydrogens is 142 g/mol. The molecule has 0 aliphatic heterocycles. The lowest BCUT2D eigenvalue weighted by atomic mass is 10.1. The molecule has 0 saturated carbocycles. The largest absolute Gasteiger partial charge is 0.466 e. The van der Waals surface area contributed by atoms with Crippen molar-refractivity contribution in [1.29, 1.82) is 5.41 Å². The predicted molar refractivity (Wildman–Crippen MR) is 43.8 cm³/mol. The van der Waals surface area contributed by atoms with Crippen LogP contribution in [-0.4, -0.2) is 18.8 Å². The number of carbonyl (C=O) groups is 1. The molecule has 1 atom stereocenters. The molecule has 0 bridgehead atoms. The van der Waals surface area contributed by atoms with E-state index >= 15 is 0 Å². The molecular formula is C8H15NO2. The molecule has 0 aromatic heterocycles. The zero-order valence-corrected chi connectivity index (χ0v) is 7.09. The maximum Gasteiger partial charge on any atom is 0.305 e. The average Bonchev–Trinajstić information content (AvgIpc) is 2.01. The normalized spacial score (nSPS) is 12.2. The number of rotatable bonds is 5. The maximum absolute atomic E-state index is 10.8. The van der Waals surface area contributed by atoms with E-state index in [1.165, 1.54) is 6.21 Å². The molecule has 0 amide bonds. The minimum Gasteiger partial charge on any atom is -0.466 e. The molecule has 1 N–H and O–H groups in total. The van der Waals surface area contributed by atoms with Crippen molar-refractivity contribution in [3.63, 3.8) is 0 Å². The predicted octanol–water partition coefficient (Wildman–Crippen LogP) is 1.62. The van der Waals surface area contributed by atoms with Gasteiger partial charge >= 0.3 is 5.97 Å². The molecule has 0 aromatic carbocycles. The fraction of sp³-hybridized carbons (Fsp3) is 0.750. The minimum absolute atomic E-state index is 0.166. The summed E-state index contributed by atoms with van der Waals surface area (Å²) in [6.07, 6.45) is 2.48. The fourth-order valence-electron chi connectivity index (χ4n) is 0.662. The van der Waals surface area contributed by atoms with Crippen molar-refractivity contribution in [2.24, 2.45) is 5.92 Å². The van der Waals surface area contributed by atoms with Gasteiger partial charge in [0.25, 0.3) is 0 Å². The summed E-state index contributed by atoms with van der Waals surface area (Å²) in [7, 11) is 0. The van der Waals surface area contributed by atoms with E-state index in [1.807, 2.05) is 6.92 Å². The van der Waals surface area contributed by atoms with Crippen LogP contribution in [0.2, 0.25) is 0 Å². The van der Waals surface area contributed by atoms with Crippen LogP contribution in [0, 0.1) is 11.3 Å². The van der Waals surface area contributed by atoms with Crippen molar-refractivity contribution in [3.05, 3.63) is 0 Å². The number of hydrogen-bond donors (Lipinski definition) is 1. The van der Waals surface area contributed by atoms with Gasteiger partial charge in [-0.1, -0.05) is 6.92 Å². The maximum atomic E-state index is 10.8. The zero-order valence-electron chi connectivity index (χ0n) is 7.09. The third kappa shape index (κ3) is 5.58. The van der Waals surface area contributed by atoms with Crippen molar-refractivity contribution < 1.29 is 9.53 Å². The van der Waals surface area contributed by atoms with Crippen LogP contribution in [0.15, 0.2) is 0 Å². The molecule has 0 heterocycles. The van der Waals surface area contributed by atoms with Gasteiger partial charge in [-0.15, -0.1) is 0 Å². The molecule has 64 valence electrons. The van der Waals surface area contributed by atoms with Gasteiger partial charge in [0.1, 0.15) is 0 Å². The molecule has 0 saturated heterocycles. The van der Waals surface area contributed by atoms with Crippen molar-refractivity contribution in [2.45, 2.75) is 26.7 Å². The third-order valence-electron chi connectivity index (χ3n) is 1.39. The summed E-state index contributed by atoms with van der Waals surface area (Å²) < 4.78 is 4.72. The first-order valence-corrected chi connectivity index (χ1v) is 3.87.